The van der Waals surface area contributed by atoms with Gasteiger partial charge in [0.1, 0.15) is 30.2 Å². The van der Waals surface area contributed by atoms with Crippen molar-refractivity contribution in [3.8, 4) is 6.07 Å². The monoisotopic (exact) mass is 242 g/mol. The maximum absolute atomic E-state index is 8.72. The average Bonchev–Trinajstić information content (AvgIpc) is 2.92. The molecule has 0 saturated carbocycles. The van der Waals surface area contributed by atoms with Crippen molar-refractivity contribution in [3.05, 3.63) is 36.5 Å². The van der Waals surface area contributed by atoms with Crippen molar-refractivity contribution in [2.45, 2.75) is 19.4 Å². The van der Waals surface area contributed by atoms with Gasteiger partial charge in [-0.3, -0.25) is 0 Å². The number of hydrogen-bond acceptors (Lipinski definition) is 5. The number of pyridine rings is 1. The van der Waals surface area contributed by atoms with Gasteiger partial charge in [0, 0.05) is 13.1 Å². The fraction of sp³-hybridized carbons (Fsp3) is 0.333. The first-order chi connectivity index (χ1) is 8.88. The molecular formula is C12H14N6. The lowest BCUT2D eigenvalue weighted by atomic mass is 10.3. The highest BCUT2D eigenvalue weighted by Gasteiger charge is 1.96. The molecule has 92 valence electrons. The van der Waals surface area contributed by atoms with Gasteiger partial charge in [-0.25, -0.2) is 4.98 Å². The number of unbranched alkanes of at least 4 members (excludes halogenated alkanes) is 1. The summed E-state index contributed by atoms with van der Waals surface area (Å²) in [6.07, 6.45) is 5.50. The van der Waals surface area contributed by atoms with E-state index >= 15 is 0 Å². The van der Waals surface area contributed by atoms with Gasteiger partial charge in [-0.2, -0.15) is 5.26 Å². The first-order valence-corrected chi connectivity index (χ1v) is 5.82. The summed E-state index contributed by atoms with van der Waals surface area (Å²) in [5.41, 5.74) is 0.435. The molecule has 1 N–H and O–H groups in total. The van der Waals surface area contributed by atoms with E-state index in [1.54, 1.807) is 18.7 Å². The number of hydrogen-bond donors (Lipinski definition) is 1. The Labute approximate surface area is 105 Å². The summed E-state index contributed by atoms with van der Waals surface area (Å²) in [7, 11) is 0. The number of anilines is 1. The largest absolute Gasteiger partial charge is 0.370 e. The molecule has 0 fully saturated rings. The number of aromatic nitrogens is 4. The van der Waals surface area contributed by atoms with E-state index in [1.807, 2.05) is 22.8 Å². The van der Waals surface area contributed by atoms with E-state index in [1.165, 1.54) is 0 Å². The molecule has 2 heterocycles. The van der Waals surface area contributed by atoms with Crippen molar-refractivity contribution in [2.75, 3.05) is 11.9 Å². The summed E-state index contributed by atoms with van der Waals surface area (Å²) < 4.78 is 1.95. The molecule has 0 saturated heterocycles. The summed E-state index contributed by atoms with van der Waals surface area (Å²) >= 11 is 0. The molecule has 0 aliphatic heterocycles. The van der Waals surface area contributed by atoms with Gasteiger partial charge < -0.3 is 9.88 Å². The van der Waals surface area contributed by atoms with E-state index < -0.39 is 0 Å². The second-order valence-electron chi connectivity index (χ2n) is 3.85. The van der Waals surface area contributed by atoms with Crippen LogP contribution in [0, 0.1) is 11.3 Å². The molecule has 2 aromatic heterocycles. The molecule has 0 aromatic carbocycles. The van der Waals surface area contributed by atoms with Gasteiger partial charge >= 0.3 is 0 Å². The minimum atomic E-state index is 0.435. The molecule has 0 atom stereocenters. The van der Waals surface area contributed by atoms with Crippen LogP contribution in [0.2, 0.25) is 0 Å². The summed E-state index contributed by atoms with van der Waals surface area (Å²) in [5, 5.41) is 19.4. The molecule has 0 amide bonds. The van der Waals surface area contributed by atoms with E-state index in [-0.39, 0.29) is 0 Å². The fourth-order valence-electron chi connectivity index (χ4n) is 1.57. The molecule has 2 rings (SSSR count). The molecule has 6 heteroatoms. The van der Waals surface area contributed by atoms with Gasteiger partial charge in [0.25, 0.3) is 0 Å². The van der Waals surface area contributed by atoms with Crippen LogP contribution in [0.15, 0.2) is 30.9 Å². The number of nitrogens with one attached hydrogen (secondary N) is 1. The van der Waals surface area contributed by atoms with E-state index in [4.69, 9.17) is 5.26 Å². The first kappa shape index (κ1) is 12.0. The highest BCUT2D eigenvalue weighted by atomic mass is 15.2. The lowest BCUT2D eigenvalue weighted by Crippen LogP contribution is -2.05. The van der Waals surface area contributed by atoms with Crippen LogP contribution >= 0.6 is 0 Å². The highest BCUT2D eigenvalue weighted by Crippen LogP contribution is 2.04. The van der Waals surface area contributed by atoms with E-state index in [0.717, 1.165) is 31.7 Å². The van der Waals surface area contributed by atoms with Crippen LogP contribution in [-0.2, 0) is 6.54 Å². The zero-order chi connectivity index (χ0) is 12.6. The average molecular weight is 242 g/mol. The maximum Gasteiger partial charge on any atom is 0.142 e. The van der Waals surface area contributed by atoms with Gasteiger partial charge in [0.2, 0.25) is 0 Å². The minimum Gasteiger partial charge on any atom is -0.370 e. The van der Waals surface area contributed by atoms with Gasteiger partial charge in [0.05, 0.1) is 0 Å². The number of aryl methyl sites for hydroxylation is 1. The van der Waals surface area contributed by atoms with Crippen LogP contribution in [0.1, 0.15) is 18.5 Å². The fourth-order valence-corrected chi connectivity index (χ4v) is 1.57. The Balaban J connectivity index is 1.67. The Hall–Kier alpha value is -2.42. The number of nitrogens with zero attached hydrogens (tertiary/aromatic N) is 5. The van der Waals surface area contributed by atoms with Crippen molar-refractivity contribution < 1.29 is 0 Å². The standard InChI is InChI=1S/C12H14N6/c13-8-11-4-3-5-12(17-11)14-6-1-2-7-18-9-15-16-10-18/h3-5,9-10H,1-2,6-7H2,(H,14,17). The Bertz CT molecular complexity index is 514. The van der Waals surface area contributed by atoms with Crippen LogP contribution in [0.5, 0.6) is 0 Å². The van der Waals surface area contributed by atoms with Crippen molar-refractivity contribution in [2.24, 2.45) is 0 Å². The molecule has 0 bridgehead atoms. The van der Waals surface area contributed by atoms with Crippen LogP contribution in [-0.4, -0.2) is 26.3 Å². The van der Waals surface area contributed by atoms with Crippen LogP contribution in [0.25, 0.3) is 0 Å². The lowest BCUT2D eigenvalue weighted by Gasteiger charge is -2.05. The molecule has 2 aromatic rings. The smallest absolute Gasteiger partial charge is 0.142 e. The third-order valence-corrected chi connectivity index (χ3v) is 2.48. The van der Waals surface area contributed by atoms with Crippen molar-refractivity contribution >= 4 is 5.82 Å². The molecule has 0 aliphatic carbocycles. The van der Waals surface area contributed by atoms with Crippen LogP contribution in [0.4, 0.5) is 5.82 Å². The molecule has 6 nitrogen and oxygen atoms in total. The first-order valence-electron chi connectivity index (χ1n) is 5.82. The number of rotatable bonds is 6. The Morgan fingerprint density at radius 1 is 1.22 bits per heavy atom. The Kier molecular flexibility index (Phi) is 4.25. The Morgan fingerprint density at radius 2 is 2.06 bits per heavy atom. The third kappa shape index (κ3) is 3.56. The van der Waals surface area contributed by atoms with E-state index in [9.17, 15) is 0 Å². The molecule has 0 aliphatic rings. The normalized spacial score (nSPS) is 9.94. The highest BCUT2D eigenvalue weighted by molar-refractivity contribution is 5.38. The maximum atomic E-state index is 8.72. The van der Waals surface area contributed by atoms with Gasteiger partial charge in [-0.15, -0.1) is 10.2 Å². The Morgan fingerprint density at radius 3 is 2.83 bits per heavy atom. The molecule has 18 heavy (non-hydrogen) atoms. The summed E-state index contributed by atoms with van der Waals surface area (Å²) in [4.78, 5) is 4.14. The topological polar surface area (TPSA) is 79.4 Å². The van der Waals surface area contributed by atoms with Crippen molar-refractivity contribution in [3.63, 3.8) is 0 Å². The van der Waals surface area contributed by atoms with Crippen molar-refractivity contribution in [1.82, 2.24) is 19.7 Å². The van der Waals surface area contributed by atoms with Gasteiger partial charge in [0.15, 0.2) is 0 Å². The lowest BCUT2D eigenvalue weighted by molar-refractivity contribution is 0.619. The predicted octanol–water partition coefficient (Wildman–Crippen LogP) is 1.44. The zero-order valence-corrected chi connectivity index (χ0v) is 9.95. The van der Waals surface area contributed by atoms with Crippen LogP contribution in [0.3, 0.4) is 0 Å². The molecule has 0 unspecified atom stereocenters. The van der Waals surface area contributed by atoms with Gasteiger partial charge in [-0.1, -0.05) is 6.07 Å². The molecular weight excluding hydrogens is 228 g/mol. The van der Waals surface area contributed by atoms with Gasteiger partial charge in [-0.05, 0) is 25.0 Å². The molecule has 0 radical (unpaired) electrons. The predicted molar refractivity (Wildman–Crippen MR) is 66.7 cm³/mol. The third-order valence-electron chi connectivity index (χ3n) is 2.48. The number of nitriles is 1. The summed E-state index contributed by atoms with van der Waals surface area (Å²) in [5.74, 6) is 0.748. The SMILES string of the molecule is N#Cc1cccc(NCCCCn2cnnc2)n1. The van der Waals surface area contributed by atoms with Crippen LogP contribution < -0.4 is 5.32 Å². The quantitative estimate of drug-likeness (QED) is 0.775. The summed E-state index contributed by atoms with van der Waals surface area (Å²) in [6.45, 7) is 1.75. The summed E-state index contributed by atoms with van der Waals surface area (Å²) in [6, 6.07) is 7.40. The molecule has 0 spiro atoms. The zero-order valence-electron chi connectivity index (χ0n) is 9.95. The van der Waals surface area contributed by atoms with E-state index in [2.05, 4.69) is 20.5 Å². The van der Waals surface area contributed by atoms with Crippen molar-refractivity contribution in [1.29, 1.82) is 5.26 Å². The van der Waals surface area contributed by atoms with E-state index in [0.29, 0.717) is 5.69 Å². The second-order valence-corrected chi connectivity index (χ2v) is 3.85. The second kappa shape index (κ2) is 6.35. The minimum absolute atomic E-state index is 0.435.